The Labute approximate surface area is 110 Å². The Morgan fingerprint density at radius 1 is 1.42 bits per heavy atom. The van der Waals surface area contributed by atoms with Crippen LogP contribution in [0.1, 0.15) is 32.0 Å². The van der Waals surface area contributed by atoms with Crippen LogP contribution in [-0.2, 0) is 11.2 Å². The van der Waals surface area contributed by atoms with Crippen molar-refractivity contribution in [3.8, 4) is 0 Å². The number of urea groups is 1. The van der Waals surface area contributed by atoms with E-state index in [4.69, 9.17) is 9.63 Å². The molecule has 0 bridgehead atoms. The number of nitrogens with zero attached hydrogens (tertiary/aromatic N) is 2. The predicted molar refractivity (Wildman–Crippen MR) is 65.6 cm³/mol. The molecule has 0 unspecified atom stereocenters. The zero-order valence-corrected chi connectivity index (χ0v) is 11.2. The second-order valence-corrected chi connectivity index (χ2v) is 4.81. The number of carboxylic acid groups (broad SMARTS) is 1. The smallest absolute Gasteiger partial charge is 0.315 e. The van der Waals surface area contributed by atoms with Crippen LogP contribution in [0.15, 0.2) is 4.52 Å². The van der Waals surface area contributed by atoms with E-state index in [-0.39, 0.29) is 6.42 Å². The standard InChI is InChI=1S/C11H18N4O4/c1-7-13-8(15-19-7)4-5-12-10(18)14-11(2,3)6-9(16)17/h4-6H2,1-3H3,(H,16,17)(H2,12,14,18). The molecule has 1 aromatic heterocycles. The summed E-state index contributed by atoms with van der Waals surface area (Å²) < 4.78 is 4.79. The van der Waals surface area contributed by atoms with Gasteiger partial charge in [-0.3, -0.25) is 4.79 Å². The van der Waals surface area contributed by atoms with Crippen LogP contribution < -0.4 is 10.6 Å². The first kappa shape index (κ1) is 14.9. The molecule has 0 aliphatic heterocycles. The molecule has 3 N–H and O–H groups in total. The summed E-state index contributed by atoms with van der Waals surface area (Å²) in [7, 11) is 0. The molecule has 0 aliphatic carbocycles. The van der Waals surface area contributed by atoms with Crippen molar-refractivity contribution in [3.63, 3.8) is 0 Å². The Hall–Kier alpha value is -2.12. The maximum absolute atomic E-state index is 11.6. The molecule has 0 saturated carbocycles. The highest BCUT2D eigenvalue weighted by Gasteiger charge is 2.23. The predicted octanol–water partition coefficient (Wildman–Crippen LogP) is 0.473. The quantitative estimate of drug-likeness (QED) is 0.691. The van der Waals surface area contributed by atoms with Crippen LogP contribution in [0.2, 0.25) is 0 Å². The van der Waals surface area contributed by atoms with Crippen LogP contribution in [0, 0.1) is 6.92 Å². The van der Waals surface area contributed by atoms with Crippen molar-refractivity contribution in [1.82, 2.24) is 20.8 Å². The van der Waals surface area contributed by atoms with Crippen molar-refractivity contribution in [2.75, 3.05) is 6.54 Å². The summed E-state index contributed by atoms with van der Waals surface area (Å²) in [5.41, 5.74) is -0.807. The summed E-state index contributed by atoms with van der Waals surface area (Å²) in [6, 6.07) is -0.425. The highest BCUT2D eigenvalue weighted by molar-refractivity contribution is 5.76. The van der Waals surface area contributed by atoms with Crippen LogP contribution in [-0.4, -0.2) is 39.3 Å². The third-order valence-electron chi connectivity index (χ3n) is 2.25. The molecule has 8 heteroatoms. The average molecular weight is 270 g/mol. The molecule has 0 aromatic carbocycles. The van der Waals surface area contributed by atoms with Crippen LogP contribution in [0.25, 0.3) is 0 Å². The van der Waals surface area contributed by atoms with Crippen LogP contribution in [0.3, 0.4) is 0 Å². The number of carboxylic acids is 1. The molecule has 0 aliphatic rings. The SMILES string of the molecule is Cc1nc(CCNC(=O)NC(C)(C)CC(=O)O)no1. The van der Waals surface area contributed by atoms with E-state index in [9.17, 15) is 9.59 Å². The van der Waals surface area contributed by atoms with E-state index in [1.165, 1.54) is 0 Å². The molecule has 0 radical (unpaired) electrons. The largest absolute Gasteiger partial charge is 0.481 e. The van der Waals surface area contributed by atoms with E-state index < -0.39 is 17.5 Å². The third-order valence-corrected chi connectivity index (χ3v) is 2.25. The van der Waals surface area contributed by atoms with Gasteiger partial charge in [-0.2, -0.15) is 4.98 Å². The van der Waals surface area contributed by atoms with Crippen molar-refractivity contribution in [2.24, 2.45) is 0 Å². The second-order valence-electron chi connectivity index (χ2n) is 4.81. The lowest BCUT2D eigenvalue weighted by molar-refractivity contribution is -0.138. The lowest BCUT2D eigenvalue weighted by Crippen LogP contribution is -2.49. The summed E-state index contributed by atoms with van der Waals surface area (Å²) >= 11 is 0. The van der Waals surface area contributed by atoms with Gasteiger partial charge in [-0.1, -0.05) is 5.16 Å². The summed E-state index contributed by atoms with van der Waals surface area (Å²) in [4.78, 5) is 26.1. The average Bonchev–Trinajstić information content (AvgIpc) is 2.61. The second kappa shape index (κ2) is 6.17. The van der Waals surface area contributed by atoms with Crippen molar-refractivity contribution >= 4 is 12.0 Å². The molecule has 0 fully saturated rings. The van der Waals surface area contributed by atoms with Gasteiger partial charge in [0, 0.05) is 25.4 Å². The number of aliphatic carboxylic acids is 1. The van der Waals surface area contributed by atoms with Gasteiger partial charge in [0.25, 0.3) is 0 Å². The van der Waals surface area contributed by atoms with Gasteiger partial charge >= 0.3 is 12.0 Å². The molecule has 1 rings (SSSR count). The number of aryl methyl sites for hydroxylation is 1. The van der Waals surface area contributed by atoms with Crippen LogP contribution >= 0.6 is 0 Å². The van der Waals surface area contributed by atoms with E-state index in [2.05, 4.69) is 20.8 Å². The number of amides is 2. The van der Waals surface area contributed by atoms with Gasteiger partial charge in [-0.15, -0.1) is 0 Å². The Kier molecular flexibility index (Phi) is 4.85. The molecular weight excluding hydrogens is 252 g/mol. The van der Waals surface area contributed by atoms with Gasteiger partial charge < -0.3 is 20.3 Å². The zero-order valence-electron chi connectivity index (χ0n) is 11.2. The fourth-order valence-corrected chi connectivity index (χ4v) is 1.50. The molecule has 0 saturated heterocycles. The maximum Gasteiger partial charge on any atom is 0.315 e. The van der Waals surface area contributed by atoms with Crippen LogP contribution in [0.4, 0.5) is 4.79 Å². The lowest BCUT2D eigenvalue weighted by atomic mass is 10.0. The minimum absolute atomic E-state index is 0.148. The minimum atomic E-state index is -0.965. The van der Waals surface area contributed by atoms with Gasteiger partial charge in [0.2, 0.25) is 5.89 Å². The Morgan fingerprint density at radius 3 is 2.63 bits per heavy atom. The highest BCUT2D eigenvalue weighted by atomic mass is 16.5. The molecule has 106 valence electrons. The zero-order chi connectivity index (χ0) is 14.5. The molecule has 19 heavy (non-hydrogen) atoms. The number of hydrogen-bond donors (Lipinski definition) is 3. The third kappa shape index (κ3) is 5.84. The lowest BCUT2D eigenvalue weighted by Gasteiger charge is -2.24. The van der Waals surface area contributed by atoms with Gasteiger partial charge in [0.1, 0.15) is 0 Å². The molecule has 2 amide bonds. The van der Waals surface area contributed by atoms with E-state index in [1.807, 2.05) is 0 Å². The number of carbonyl (C=O) groups is 2. The number of nitrogens with one attached hydrogen (secondary N) is 2. The summed E-state index contributed by atoms with van der Waals surface area (Å²) in [5, 5.41) is 17.6. The first-order valence-corrected chi connectivity index (χ1v) is 5.85. The van der Waals surface area contributed by atoms with Crippen molar-refractivity contribution in [3.05, 3.63) is 11.7 Å². The molecule has 0 spiro atoms. The van der Waals surface area contributed by atoms with E-state index in [0.717, 1.165) is 0 Å². The summed E-state index contributed by atoms with van der Waals surface area (Å²) in [5.74, 6) is 0.0252. The molecule has 1 aromatic rings. The molecule has 0 atom stereocenters. The molecule has 8 nitrogen and oxygen atoms in total. The first-order valence-electron chi connectivity index (χ1n) is 5.85. The molecular formula is C11H18N4O4. The van der Waals surface area contributed by atoms with Crippen molar-refractivity contribution < 1.29 is 19.2 Å². The van der Waals surface area contributed by atoms with E-state index in [1.54, 1.807) is 20.8 Å². The maximum atomic E-state index is 11.6. The number of aromatic nitrogens is 2. The topological polar surface area (TPSA) is 117 Å². The van der Waals surface area contributed by atoms with Crippen molar-refractivity contribution in [1.29, 1.82) is 0 Å². The summed E-state index contributed by atoms with van der Waals surface area (Å²) in [6.45, 7) is 5.31. The monoisotopic (exact) mass is 270 g/mol. The van der Waals surface area contributed by atoms with Crippen LogP contribution in [0.5, 0.6) is 0 Å². The van der Waals surface area contributed by atoms with Gasteiger partial charge in [0.05, 0.1) is 6.42 Å². The van der Waals surface area contributed by atoms with E-state index in [0.29, 0.717) is 24.7 Å². The van der Waals surface area contributed by atoms with Crippen molar-refractivity contribution in [2.45, 2.75) is 39.2 Å². The highest BCUT2D eigenvalue weighted by Crippen LogP contribution is 2.07. The fraction of sp³-hybridized carbons (Fsp3) is 0.636. The number of rotatable bonds is 6. The number of hydrogen-bond acceptors (Lipinski definition) is 5. The number of carbonyl (C=O) groups excluding carboxylic acids is 1. The summed E-state index contributed by atoms with van der Waals surface area (Å²) in [6.07, 6.45) is 0.300. The first-order chi connectivity index (χ1) is 8.78. The Balaban J connectivity index is 2.29. The van der Waals surface area contributed by atoms with Gasteiger partial charge in [-0.05, 0) is 13.8 Å². The normalized spacial score (nSPS) is 11.1. The minimum Gasteiger partial charge on any atom is -0.481 e. The van der Waals surface area contributed by atoms with Gasteiger partial charge in [-0.25, -0.2) is 4.79 Å². The molecule has 1 heterocycles. The Morgan fingerprint density at radius 2 is 2.11 bits per heavy atom. The Bertz CT molecular complexity index is 455. The van der Waals surface area contributed by atoms with Gasteiger partial charge in [0.15, 0.2) is 5.82 Å². The van der Waals surface area contributed by atoms with E-state index >= 15 is 0 Å². The fourth-order valence-electron chi connectivity index (χ4n) is 1.50.